The minimum Gasteiger partial charge on any atom is -0.492 e. The zero-order chi connectivity index (χ0) is 22.4. The Labute approximate surface area is 181 Å². The summed E-state index contributed by atoms with van der Waals surface area (Å²) in [5.74, 6) is -0.271. The lowest BCUT2D eigenvalue weighted by atomic mass is 10.1. The number of nitrogens with one attached hydrogen (secondary N) is 1. The van der Waals surface area contributed by atoms with Gasteiger partial charge in [-0.15, -0.1) is 0 Å². The third-order valence-electron chi connectivity index (χ3n) is 4.81. The molecule has 8 nitrogen and oxygen atoms in total. The lowest BCUT2D eigenvalue weighted by Crippen LogP contribution is -2.38. The maximum atomic E-state index is 13.0. The van der Waals surface area contributed by atoms with Gasteiger partial charge in [0.2, 0.25) is 10.0 Å². The summed E-state index contributed by atoms with van der Waals surface area (Å²) in [6.07, 6.45) is 0. The molecule has 0 saturated carbocycles. The van der Waals surface area contributed by atoms with Gasteiger partial charge in [-0.25, -0.2) is 17.1 Å². The van der Waals surface area contributed by atoms with Crippen LogP contribution in [0.5, 0.6) is 5.75 Å². The molecule has 1 saturated heterocycles. The number of halogens is 1. The maximum absolute atomic E-state index is 13.0. The Hall–Kier alpha value is -2.69. The predicted molar refractivity (Wildman–Crippen MR) is 115 cm³/mol. The average Bonchev–Trinajstić information content (AvgIpc) is 2.77. The Kier molecular flexibility index (Phi) is 7.47. The predicted octanol–water partition coefficient (Wildman–Crippen LogP) is 1.72. The van der Waals surface area contributed by atoms with Gasteiger partial charge in [0.15, 0.2) is 0 Å². The van der Waals surface area contributed by atoms with Crippen LogP contribution in [0.1, 0.15) is 10.4 Å². The first kappa shape index (κ1) is 23.0. The molecular weight excluding hydrogens is 425 g/mol. The van der Waals surface area contributed by atoms with E-state index in [0.29, 0.717) is 37.7 Å². The molecule has 0 aromatic heterocycles. The van der Waals surface area contributed by atoms with Gasteiger partial charge in [-0.2, -0.15) is 0 Å². The van der Waals surface area contributed by atoms with E-state index in [1.165, 1.54) is 50.5 Å². The van der Waals surface area contributed by atoms with Gasteiger partial charge in [-0.1, -0.05) is 0 Å². The summed E-state index contributed by atoms with van der Waals surface area (Å²) in [4.78, 5) is 15.0. The van der Waals surface area contributed by atoms with E-state index in [-0.39, 0.29) is 29.4 Å². The fraction of sp³-hybridized carbons (Fsp3) is 0.381. The quantitative estimate of drug-likeness (QED) is 0.615. The first-order valence-corrected chi connectivity index (χ1v) is 11.3. The van der Waals surface area contributed by atoms with E-state index >= 15 is 0 Å². The van der Waals surface area contributed by atoms with Crippen molar-refractivity contribution in [2.75, 3.05) is 58.5 Å². The second-order valence-electron chi connectivity index (χ2n) is 7.12. The van der Waals surface area contributed by atoms with E-state index in [1.54, 1.807) is 6.07 Å². The van der Waals surface area contributed by atoms with Crippen LogP contribution in [-0.4, -0.2) is 72.2 Å². The Morgan fingerprint density at radius 3 is 2.48 bits per heavy atom. The number of morpholine rings is 1. The third kappa shape index (κ3) is 5.72. The smallest absolute Gasteiger partial charge is 0.253 e. The van der Waals surface area contributed by atoms with Crippen LogP contribution in [0.3, 0.4) is 0 Å². The van der Waals surface area contributed by atoms with E-state index < -0.39 is 15.9 Å². The molecule has 3 rings (SSSR count). The number of sulfonamides is 1. The number of hydrogen-bond donors (Lipinski definition) is 1. The summed E-state index contributed by atoms with van der Waals surface area (Å²) in [6, 6.07) is 10.2. The number of hydrogen-bond acceptors (Lipinski definition) is 6. The van der Waals surface area contributed by atoms with Gasteiger partial charge in [0.25, 0.3) is 5.91 Å². The molecule has 0 unspecified atom stereocenters. The van der Waals surface area contributed by atoms with Crippen molar-refractivity contribution < 1.29 is 27.1 Å². The molecule has 0 atom stereocenters. The van der Waals surface area contributed by atoms with Gasteiger partial charge >= 0.3 is 0 Å². The van der Waals surface area contributed by atoms with Crippen LogP contribution in [0.4, 0.5) is 10.1 Å². The summed E-state index contributed by atoms with van der Waals surface area (Å²) < 4.78 is 50.0. The summed E-state index contributed by atoms with van der Waals surface area (Å²) in [7, 11) is -0.806. The maximum Gasteiger partial charge on any atom is 0.253 e. The molecule has 168 valence electrons. The number of rotatable bonds is 8. The highest BCUT2D eigenvalue weighted by Crippen LogP contribution is 2.26. The highest BCUT2D eigenvalue weighted by molar-refractivity contribution is 7.89. The molecule has 1 fully saturated rings. The van der Waals surface area contributed by atoms with Crippen molar-refractivity contribution in [3.63, 3.8) is 0 Å². The largest absolute Gasteiger partial charge is 0.492 e. The zero-order valence-electron chi connectivity index (χ0n) is 17.5. The molecule has 0 radical (unpaired) electrons. The second kappa shape index (κ2) is 10.1. The number of benzene rings is 2. The second-order valence-corrected chi connectivity index (χ2v) is 9.28. The Bertz CT molecular complexity index is 1010. The fourth-order valence-corrected chi connectivity index (χ4v) is 4.04. The van der Waals surface area contributed by atoms with Crippen molar-refractivity contribution in [1.29, 1.82) is 0 Å². The third-order valence-corrected chi connectivity index (χ3v) is 6.62. The zero-order valence-corrected chi connectivity index (χ0v) is 18.3. The van der Waals surface area contributed by atoms with E-state index in [0.717, 1.165) is 4.31 Å². The van der Waals surface area contributed by atoms with Crippen molar-refractivity contribution in [3.05, 3.63) is 53.8 Å². The van der Waals surface area contributed by atoms with Crippen LogP contribution < -0.4 is 15.0 Å². The molecule has 1 N–H and O–H groups in total. The minimum atomic E-state index is -3.69. The molecular formula is C21H26FN3O5S. The SMILES string of the molecule is CN(C)S(=O)(=O)c1ccc(N2CCOCC2)c(C(=O)NCCOc2ccc(F)cc2)c1. The van der Waals surface area contributed by atoms with Crippen molar-refractivity contribution in [2.45, 2.75) is 4.90 Å². The van der Waals surface area contributed by atoms with Crippen LogP contribution in [0.25, 0.3) is 0 Å². The van der Waals surface area contributed by atoms with Gasteiger partial charge < -0.3 is 19.7 Å². The molecule has 31 heavy (non-hydrogen) atoms. The van der Waals surface area contributed by atoms with Gasteiger partial charge in [-0.3, -0.25) is 4.79 Å². The van der Waals surface area contributed by atoms with Gasteiger partial charge in [0, 0.05) is 32.9 Å². The number of carbonyl (C=O) groups is 1. The van der Waals surface area contributed by atoms with Crippen molar-refractivity contribution in [2.24, 2.45) is 0 Å². The average molecular weight is 452 g/mol. The van der Waals surface area contributed by atoms with Crippen LogP contribution in [0.15, 0.2) is 47.4 Å². The Morgan fingerprint density at radius 2 is 1.84 bits per heavy atom. The number of anilines is 1. The number of amides is 1. The monoisotopic (exact) mass is 451 g/mol. The first-order valence-electron chi connectivity index (χ1n) is 9.85. The highest BCUT2D eigenvalue weighted by Gasteiger charge is 2.24. The molecule has 1 amide bonds. The summed E-state index contributed by atoms with van der Waals surface area (Å²) >= 11 is 0. The molecule has 1 heterocycles. The standard InChI is InChI=1S/C21H26FN3O5S/c1-24(2)31(27,28)18-7-8-20(25-10-13-29-14-11-25)19(15-18)21(26)23-9-12-30-17-5-3-16(22)4-6-17/h3-8,15H,9-14H2,1-2H3,(H,23,26). The van der Waals surface area contributed by atoms with Crippen LogP contribution >= 0.6 is 0 Å². The fourth-order valence-electron chi connectivity index (χ4n) is 3.11. The number of nitrogens with zero attached hydrogens (tertiary/aromatic N) is 2. The highest BCUT2D eigenvalue weighted by atomic mass is 32.2. The summed E-state index contributed by atoms with van der Waals surface area (Å²) in [5, 5.41) is 2.76. The minimum absolute atomic E-state index is 0.0437. The molecule has 1 aliphatic rings. The molecule has 2 aromatic rings. The summed E-state index contributed by atoms with van der Waals surface area (Å²) in [5.41, 5.74) is 0.921. The van der Waals surface area contributed by atoms with Crippen molar-refractivity contribution in [3.8, 4) is 5.75 Å². The van der Waals surface area contributed by atoms with Gasteiger partial charge in [0.1, 0.15) is 18.2 Å². The lowest BCUT2D eigenvalue weighted by molar-refractivity contribution is 0.0945. The molecule has 2 aromatic carbocycles. The Balaban J connectivity index is 1.75. The van der Waals surface area contributed by atoms with E-state index in [2.05, 4.69) is 5.32 Å². The van der Waals surface area contributed by atoms with Crippen molar-refractivity contribution >= 4 is 21.6 Å². The lowest BCUT2D eigenvalue weighted by Gasteiger charge is -2.30. The molecule has 0 bridgehead atoms. The van der Waals surface area contributed by atoms with Gasteiger partial charge in [0.05, 0.1) is 30.2 Å². The van der Waals surface area contributed by atoms with Crippen LogP contribution in [0.2, 0.25) is 0 Å². The van der Waals surface area contributed by atoms with Crippen LogP contribution in [0, 0.1) is 5.82 Å². The van der Waals surface area contributed by atoms with E-state index in [4.69, 9.17) is 9.47 Å². The first-order chi connectivity index (χ1) is 14.8. The molecule has 0 aliphatic carbocycles. The normalized spacial score (nSPS) is 14.5. The summed E-state index contributed by atoms with van der Waals surface area (Å²) in [6.45, 7) is 2.65. The van der Waals surface area contributed by atoms with Gasteiger partial charge in [-0.05, 0) is 42.5 Å². The molecule has 1 aliphatic heterocycles. The topological polar surface area (TPSA) is 88.2 Å². The number of ether oxygens (including phenoxy) is 2. The number of carbonyl (C=O) groups excluding carboxylic acids is 1. The Morgan fingerprint density at radius 1 is 1.16 bits per heavy atom. The molecule has 10 heteroatoms. The van der Waals surface area contributed by atoms with Crippen molar-refractivity contribution in [1.82, 2.24) is 9.62 Å². The van der Waals surface area contributed by atoms with E-state index in [1.807, 2.05) is 4.90 Å². The molecule has 0 spiro atoms. The van der Waals surface area contributed by atoms with E-state index in [9.17, 15) is 17.6 Å². The van der Waals surface area contributed by atoms with Crippen LogP contribution in [-0.2, 0) is 14.8 Å².